The van der Waals surface area contributed by atoms with E-state index >= 15 is 0 Å². The zero-order chi connectivity index (χ0) is 20.2. The van der Waals surface area contributed by atoms with Crippen molar-refractivity contribution in [1.82, 2.24) is 0 Å². The molecule has 0 saturated heterocycles. The largest absolute Gasteiger partial charge is 0.481 e. The van der Waals surface area contributed by atoms with Gasteiger partial charge in [-0.05, 0) is 31.6 Å². The van der Waals surface area contributed by atoms with Crippen LogP contribution < -0.4 is 0 Å². The van der Waals surface area contributed by atoms with E-state index in [1.807, 2.05) is 0 Å². The maximum absolute atomic E-state index is 12.5. The number of carbonyl (C=O) groups is 3. The van der Waals surface area contributed by atoms with Gasteiger partial charge in [-0.25, -0.2) is 4.79 Å². The van der Waals surface area contributed by atoms with Crippen LogP contribution in [0.4, 0.5) is 0 Å². The van der Waals surface area contributed by atoms with Gasteiger partial charge in [-0.15, -0.1) is 0 Å². The Morgan fingerprint density at radius 3 is 1.60 bits per heavy atom. The Hall–Kier alpha value is -1.63. The van der Waals surface area contributed by atoms with Crippen molar-refractivity contribution in [3.63, 3.8) is 0 Å². The van der Waals surface area contributed by atoms with Gasteiger partial charge in [-0.1, -0.05) is 47.5 Å². The summed E-state index contributed by atoms with van der Waals surface area (Å²) in [5.41, 5.74) is -7.06. The van der Waals surface area contributed by atoms with E-state index in [9.17, 15) is 34.8 Å². The molecule has 5 unspecified atom stereocenters. The van der Waals surface area contributed by atoms with Crippen LogP contribution in [0.25, 0.3) is 0 Å². The Labute approximate surface area is 149 Å². The quantitative estimate of drug-likeness (QED) is 0.445. The number of aliphatic carboxylic acids is 3. The van der Waals surface area contributed by atoms with Gasteiger partial charge < -0.3 is 20.4 Å². The number of carboxylic acid groups (broad SMARTS) is 3. The summed E-state index contributed by atoms with van der Waals surface area (Å²) in [5.74, 6) is -5.89. The first-order valence-corrected chi connectivity index (χ1v) is 8.75. The van der Waals surface area contributed by atoms with Crippen molar-refractivity contribution in [2.24, 2.45) is 22.7 Å². The second-order valence-electron chi connectivity index (χ2n) is 7.30. The molecule has 0 aromatic rings. The number of rotatable bonds is 11. The van der Waals surface area contributed by atoms with Gasteiger partial charge in [0.25, 0.3) is 0 Å². The molecule has 4 N–H and O–H groups in total. The smallest absolute Gasteiger partial charge is 0.336 e. The van der Waals surface area contributed by atoms with Crippen molar-refractivity contribution in [2.75, 3.05) is 0 Å². The lowest BCUT2D eigenvalue weighted by molar-refractivity contribution is -0.227. The second-order valence-corrected chi connectivity index (χ2v) is 7.30. The summed E-state index contributed by atoms with van der Waals surface area (Å²) in [7, 11) is 0. The molecule has 5 atom stereocenters. The first kappa shape index (κ1) is 23.4. The van der Waals surface area contributed by atoms with Crippen LogP contribution in [0.5, 0.6) is 0 Å². The minimum absolute atomic E-state index is 0.130. The average Bonchev–Trinajstić information content (AvgIpc) is 2.53. The zero-order valence-electron chi connectivity index (χ0n) is 16.0. The van der Waals surface area contributed by atoms with Gasteiger partial charge in [0.15, 0.2) is 5.60 Å². The summed E-state index contributed by atoms with van der Waals surface area (Å²) in [6, 6.07) is 0. The summed E-state index contributed by atoms with van der Waals surface area (Å²) in [6.45, 7) is 9.39. The lowest BCUT2D eigenvalue weighted by Crippen LogP contribution is -2.70. The molecule has 146 valence electrons. The fourth-order valence-electron chi connectivity index (χ4n) is 4.00. The van der Waals surface area contributed by atoms with Crippen molar-refractivity contribution in [3.05, 3.63) is 0 Å². The molecule has 0 radical (unpaired) electrons. The zero-order valence-corrected chi connectivity index (χ0v) is 16.0. The maximum atomic E-state index is 12.5. The molecule has 0 heterocycles. The molecule has 0 aliphatic heterocycles. The first-order chi connectivity index (χ1) is 11.3. The van der Waals surface area contributed by atoms with Crippen LogP contribution in [0, 0.1) is 22.7 Å². The van der Waals surface area contributed by atoms with E-state index in [1.165, 1.54) is 20.8 Å². The minimum atomic E-state index is -2.72. The number of carboxylic acids is 3. The van der Waals surface area contributed by atoms with Crippen LogP contribution in [0.3, 0.4) is 0 Å². The van der Waals surface area contributed by atoms with E-state index in [1.54, 1.807) is 20.8 Å². The van der Waals surface area contributed by atoms with Crippen LogP contribution in [0.15, 0.2) is 0 Å². The van der Waals surface area contributed by atoms with E-state index in [2.05, 4.69) is 0 Å². The fourth-order valence-corrected chi connectivity index (χ4v) is 4.00. The van der Waals surface area contributed by atoms with Gasteiger partial charge in [-0.2, -0.15) is 0 Å². The predicted molar refractivity (Wildman–Crippen MR) is 92.2 cm³/mol. The Bertz CT molecular complexity index is 518. The highest BCUT2D eigenvalue weighted by Gasteiger charge is 2.73. The highest BCUT2D eigenvalue weighted by atomic mass is 16.4. The van der Waals surface area contributed by atoms with Gasteiger partial charge in [0, 0.05) is 0 Å². The molecule has 25 heavy (non-hydrogen) atoms. The summed E-state index contributed by atoms with van der Waals surface area (Å²) < 4.78 is 0. The summed E-state index contributed by atoms with van der Waals surface area (Å²) in [4.78, 5) is 36.7. The van der Waals surface area contributed by atoms with E-state index in [0.29, 0.717) is 6.42 Å². The summed E-state index contributed by atoms with van der Waals surface area (Å²) in [5, 5.41) is 41.0. The van der Waals surface area contributed by atoms with Gasteiger partial charge in [-0.3, -0.25) is 9.59 Å². The van der Waals surface area contributed by atoms with Gasteiger partial charge in [0.1, 0.15) is 5.41 Å². The first-order valence-electron chi connectivity index (χ1n) is 8.75. The SMILES string of the molecule is CCC(C)CC(O)(C(=O)O)C(C(=O)O)(C(C)CC)C(C)(CC)C(=O)O. The topological polar surface area (TPSA) is 132 Å². The van der Waals surface area contributed by atoms with Crippen LogP contribution in [0.1, 0.15) is 67.2 Å². The average molecular weight is 360 g/mol. The molecule has 0 aromatic heterocycles. The van der Waals surface area contributed by atoms with E-state index in [-0.39, 0.29) is 25.2 Å². The van der Waals surface area contributed by atoms with Gasteiger partial charge in [0.05, 0.1) is 5.41 Å². The molecule has 0 aromatic carbocycles. The standard InChI is InChI=1S/C18H32O7/c1-7-11(4)10-17(25,14(21)22)18(15(23)24,12(5)8-2)16(6,9-3)13(19)20/h11-12,25H,7-10H2,1-6H3,(H,19,20)(H,21,22)(H,23,24). The maximum Gasteiger partial charge on any atom is 0.336 e. The van der Waals surface area contributed by atoms with Crippen molar-refractivity contribution in [2.45, 2.75) is 72.8 Å². The molecule has 0 fully saturated rings. The molecule has 0 amide bonds. The summed E-state index contributed by atoms with van der Waals surface area (Å²) >= 11 is 0. The Balaban J connectivity index is 7.09. The molecule has 0 spiro atoms. The Morgan fingerprint density at radius 2 is 1.36 bits per heavy atom. The highest BCUT2D eigenvalue weighted by Crippen LogP contribution is 2.57. The van der Waals surface area contributed by atoms with Gasteiger partial charge in [0.2, 0.25) is 0 Å². The Morgan fingerprint density at radius 1 is 0.880 bits per heavy atom. The van der Waals surface area contributed by atoms with Crippen molar-refractivity contribution in [1.29, 1.82) is 0 Å². The van der Waals surface area contributed by atoms with E-state index in [4.69, 9.17) is 0 Å². The van der Waals surface area contributed by atoms with Crippen molar-refractivity contribution >= 4 is 17.9 Å². The van der Waals surface area contributed by atoms with Crippen LogP contribution >= 0.6 is 0 Å². The predicted octanol–water partition coefficient (Wildman–Crippen LogP) is 2.86. The van der Waals surface area contributed by atoms with Crippen LogP contribution in [-0.2, 0) is 14.4 Å². The van der Waals surface area contributed by atoms with E-state index < -0.39 is 40.3 Å². The van der Waals surface area contributed by atoms with Gasteiger partial charge >= 0.3 is 17.9 Å². The lowest BCUT2D eigenvalue weighted by atomic mass is 9.48. The molecule has 0 aliphatic carbocycles. The van der Waals surface area contributed by atoms with Crippen LogP contribution in [0.2, 0.25) is 0 Å². The van der Waals surface area contributed by atoms with Crippen molar-refractivity contribution in [3.8, 4) is 0 Å². The minimum Gasteiger partial charge on any atom is -0.481 e. The third-order valence-corrected chi connectivity index (χ3v) is 6.09. The number of hydrogen-bond donors (Lipinski definition) is 4. The second kappa shape index (κ2) is 8.17. The fraction of sp³-hybridized carbons (Fsp3) is 0.833. The molecular formula is C18H32O7. The molecule has 0 aliphatic rings. The lowest BCUT2D eigenvalue weighted by Gasteiger charge is -2.53. The third-order valence-electron chi connectivity index (χ3n) is 6.09. The molecule has 0 bridgehead atoms. The monoisotopic (exact) mass is 360 g/mol. The van der Waals surface area contributed by atoms with Crippen LogP contribution in [-0.4, -0.2) is 43.9 Å². The molecule has 7 heteroatoms. The molecule has 0 rings (SSSR count). The highest BCUT2D eigenvalue weighted by molar-refractivity contribution is 5.94. The summed E-state index contributed by atoms with van der Waals surface area (Å²) in [6.07, 6.45) is 0.278. The number of hydrogen-bond acceptors (Lipinski definition) is 4. The number of aliphatic hydroxyl groups is 1. The van der Waals surface area contributed by atoms with Crippen molar-refractivity contribution < 1.29 is 34.8 Å². The van der Waals surface area contributed by atoms with E-state index in [0.717, 1.165) is 0 Å². The molecule has 7 nitrogen and oxygen atoms in total. The molecular weight excluding hydrogens is 328 g/mol. The Kier molecular flexibility index (Phi) is 7.63. The third kappa shape index (κ3) is 3.38. The molecule has 0 saturated carbocycles. The normalized spacial score (nSPS) is 21.2.